The number of carboxylic acid groups (broad SMARTS) is 1. The first kappa shape index (κ1) is 12.2. The Balaban J connectivity index is 2.60. The van der Waals surface area contributed by atoms with Gasteiger partial charge in [0.1, 0.15) is 0 Å². The highest BCUT2D eigenvalue weighted by Gasteiger charge is 2.15. The molecule has 0 spiro atoms. The van der Waals surface area contributed by atoms with Gasteiger partial charge < -0.3 is 10.4 Å². The molecule has 0 aromatic carbocycles. The molecule has 0 radical (unpaired) electrons. The lowest BCUT2D eigenvalue weighted by molar-refractivity contribution is -0.140. The molecule has 1 heterocycles. The fourth-order valence-electron chi connectivity index (χ4n) is 1.25. The van der Waals surface area contributed by atoms with Crippen molar-refractivity contribution in [2.75, 3.05) is 6.54 Å². The molecule has 0 saturated heterocycles. The Kier molecular flexibility index (Phi) is 3.65. The van der Waals surface area contributed by atoms with Crippen molar-refractivity contribution in [2.45, 2.75) is 13.8 Å². The summed E-state index contributed by atoms with van der Waals surface area (Å²) in [5.41, 5.74) is 1.10. The number of aryl methyl sites for hydroxylation is 2. The maximum Gasteiger partial charge on any atom is 0.308 e. The normalized spacial score (nSPS) is 12.2. The number of nitrogens with one attached hydrogen (secondary N) is 1. The molecule has 1 aromatic heterocycles. The molecule has 1 unspecified atom stereocenters. The number of nitrogens with zero attached hydrogens (tertiary/aromatic N) is 2. The van der Waals surface area contributed by atoms with E-state index in [0.717, 1.165) is 0 Å². The van der Waals surface area contributed by atoms with Crippen LogP contribution in [-0.4, -0.2) is 33.3 Å². The van der Waals surface area contributed by atoms with E-state index in [-0.39, 0.29) is 12.5 Å². The van der Waals surface area contributed by atoms with E-state index in [4.69, 9.17) is 5.11 Å². The molecule has 0 aliphatic rings. The number of rotatable bonds is 4. The zero-order valence-corrected chi connectivity index (χ0v) is 9.52. The molecular formula is C10H15N3O3. The Morgan fingerprint density at radius 1 is 1.62 bits per heavy atom. The van der Waals surface area contributed by atoms with Crippen LogP contribution in [0.5, 0.6) is 0 Å². The van der Waals surface area contributed by atoms with E-state index in [0.29, 0.717) is 11.3 Å². The summed E-state index contributed by atoms with van der Waals surface area (Å²) in [4.78, 5) is 22.2. The van der Waals surface area contributed by atoms with Gasteiger partial charge in [0, 0.05) is 19.8 Å². The molecule has 0 aliphatic carbocycles. The van der Waals surface area contributed by atoms with Crippen molar-refractivity contribution in [3.05, 3.63) is 17.5 Å². The van der Waals surface area contributed by atoms with E-state index >= 15 is 0 Å². The summed E-state index contributed by atoms with van der Waals surface area (Å²) in [6, 6.07) is 0. The van der Waals surface area contributed by atoms with Crippen LogP contribution in [-0.2, 0) is 11.8 Å². The van der Waals surface area contributed by atoms with Crippen LogP contribution in [0.15, 0.2) is 6.20 Å². The van der Waals surface area contributed by atoms with Gasteiger partial charge in [0.25, 0.3) is 5.91 Å². The van der Waals surface area contributed by atoms with Crippen LogP contribution in [0.3, 0.4) is 0 Å². The number of hydrogen-bond acceptors (Lipinski definition) is 3. The number of carbonyl (C=O) groups excluding carboxylic acids is 1. The van der Waals surface area contributed by atoms with Crippen molar-refractivity contribution in [1.82, 2.24) is 15.1 Å². The van der Waals surface area contributed by atoms with Crippen molar-refractivity contribution < 1.29 is 14.7 Å². The average Bonchev–Trinajstić information content (AvgIpc) is 2.53. The molecule has 2 N–H and O–H groups in total. The second-order valence-electron chi connectivity index (χ2n) is 3.75. The van der Waals surface area contributed by atoms with E-state index in [1.807, 2.05) is 0 Å². The molecule has 0 fully saturated rings. The van der Waals surface area contributed by atoms with Crippen molar-refractivity contribution >= 4 is 11.9 Å². The summed E-state index contributed by atoms with van der Waals surface area (Å²) in [6.07, 6.45) is 1.61. The zero-order valence-electron chi connectivity index (χ0n) is 9.52. The predicted molar refractivity (Wildman–Crippen MR) is 57.1 cm³/mol. The minimum atomic E-state index is -0.928. The highest BCUT2D eigenvalue weighted by Crippen LogP contribution is 2.04. The quantitative estimate of drug-likeness (QED) is 0.765. The van der Waals surface area contributed by atoms with Gasteiger partial charge in [-0.1, -0.05) is 6.92 Å². The van der Waals surface area contributed by atoms with Crippen LogP contribution in [0, 0.1) is 12.8 Å². The molecule has 0 bridgehead atoms. The number of carbonyl (C=O) groups is 2. The Bertz CT molecular complexity index is 411. The van der Waals surface area contributed by atoms with Crippen LogP contribution in [0.1, 0.15) is 23.0 Å². The molecule has 6 heteroatoms. The van der Waals surface area contributed by atoms with Gasteiger partial charge in [0.15, 0.2) is 0 Å². The molecular weight excluding hydrogens is 210 g/mol. The third-order valence-electron chi connectivity index (χ3n) is 2.25. The van der Waals surface area contributed by atoms with Gasteiger partial charge in [-0.15, -0.1) is 0 Å². The predicted octanol–water partition coefficient (Wildman–Crippen LogP) is 0.179. The van der Waals surface area contributed by atoms with Gasteiger partial charge in [-0.25, -0.2) is 0 Å². The first-order chi connectivity index (χ1) is 7.41. The molecule has 1 aromatic rings. The lowest BCUT2D eigenvalue weighted by Crippen LogP contribution is -2.31. The number of aromatic nitrogens is 2. The number of aliphatic carboxylic acids is 1. The Hall–Kier alpha value is -1.85. The van der Waals surface area contributed by atoms with Gasteiger partial charge in [-0.2, -0.15) is 5.10 Å². The molecule has 88 valence electrons. The first-order valence-electron chi connectivity index (χ1n) is 4.93. The maximum absolute atomic E-state index is 11.6. The zero-order chi connectivity index (χ0) is 12.3. The monoisotopic (exact) mass is 225 g/mol. The summed E-state index contributed by atoms with van der Waals surface area (Å²) in [5.74, 6) is -1.82. The lowest BCUT2D eigenvalue weighted by Gasteiger charge is -2.07. The maximum atomic E-state index is 11.6. The van der Waals surface area contributed by atoms with E-state index in [9.17, 15) is 9.59 Å². The Labute approximate surface area is 93.3 Å². The largest absolute Gasteiger partial charge is 0.481 e. The first-order valence-corrected chi connectivity index (χ1v) is 4.93. The Morgan fingerprint density at radius 2 is 2.25 bits per heavy atom. The molecule has 0 aliphatic heterocycles. The van der Waals surface area contributed by atoms with E-state index in [1.54, 1.807) is 31.8 Å². The molecule has 1 rings (SSSR count). The third kappa shape index (κ3) is 2.82. The molecule has 16 heavy (non-hydrogen) atoms. The van der Waals surface area contributed by atoms with Crippen LogP contribution >= 0.6 is 0 Å². The fourth-order valence-corrected chi connectivity index (χ4v) is 1.25. The average molecular weight is 225 g/mol. The highest BCUT2D eigenvalue weighted by molar-refractivity contribution is 5.95. The van der Waals surface area contributed by atoms with Gasteiger partial charge in [0.2, 0.25) is 0 Å². The van der Waals surface area contributed by atoms with Crippen molar-refractivity contribution in [2.24, 2.45) is 13.0 Å². The van der Waals surface area contributed by atoms with Gasteiger partial charge in [-0.05, 0) is 6.92 Å². The van der Waals surface area contributed by atoms with Crippen LogP contribution < -0.4 is 5.32 Å². The molecule has 6 nitrogen and oxygen atoms in total. The second kappa shape index (κ2) is 4.78. The van der Waals surface area contributed by atoms with Crippen LogP contribution in [0.25, 0.3) is 0 Å². The van der Waals surface area contributed by atoms with Crippen molar-refractivity contribution in [1.29, 1.82) is 0 Å². The minimum absolute atomic E-state index is 0.114. The summed E-state index contributed by atoms with van der Waals surface area (Å²) >= 11 is 0. The SMILES string of the molecule is Cc1nn(C)cc1C(=O)NCC(C)C(=O)O. The number of amides is 1. The number of carboxylic acids is 1. The smallest absolute Gasteiger partial charge is 0.308 e. The fraction of sp³-hybridized carbons (Fsp3) is 0.500. The second-order valence-corrected chi connectivity index (χ2v) is 3.75. The van der Waals surface area contributed by atoms with Crippen molar-refractivity contribution in [3.63, 3.8) is 0 Å². The summed E-state index contributed by atoms with van der Waals surface area (Å²) in [7, 11) is 1.73. The van der Waals surface area contributed by atoms with Crippen LogP contribution in [0.2, 0.25) is 0 Å². The van der Waals surface area contributed by atoms with Crippen LogP contribution in [0.4, 0.5) is 0 Å². The van der Waals surface area contributed by atoms with Gasteiger partial charge in [-0.3, -0.25) is 14.3 Å². The number of hydrogen-bond donors (Lipinski definition) is 2. The third-order valence-corrected chi connectivity index (χ3v) is 2.25. The Morgan fingerprint density at radius 3 is 2.69 bits per heavy atom. The standard InChI is InChI=1S/C10H15N3O3/c1-6(10(15)16)4-11-9(14)8-5-13(3)12-7(8)2/h5-6H,4H2,1-3H3,(H,11,14)(H,15,16). The summed E-state index contributed by atoms with van der Waals surface area (Å²) < 4.78 is 1.55. The molecule has 0 saturated carbocycles. The summed E-state index contributed by atoms with van der Waals surface area (Å²) in [6.45, 7) is 3.39. The lowest BCUT2D eigenvalue weighted by atomic mass is 10.2. The highest BCUT2D eigenvalue weighted by atomic mass is 16.4. The molecule has 1 amide bonds. The minimum Gasteiger partial charge on any atom is -0.481 e. The topological polar surface area (TPSA) is 84.2 Å². The van der Waals surface area contributed by atoms with E-state index in [1.165, 1.54) is 0 Å². The van der Waals surface area contributed by atoms with Crippen molar-refractivity contribution in [3.8, 4) is 0 Å². The van der Waals surface area contributed by atoms with E-state index in [2.05, 4.69) is 10.4 Å². The van der Waals surface area contributed by atoms with E-state index < -0.39 is 11.9 Å². The van der Waals surface area contributed by atoms with Gasteiger partial charge >= 0.3 is 5.97 Å². The van der Waals surface area contributed by atoms with Gasteiger partial charge in [0.05, 0.1) is 17.2 Å². The molecule has 1 atom stereocenters. The summed E-state index contributed by atoms with van der Waals surface area (Å²) in [5, 5.41) is 15.3.